The largest absolute Gasteiger partial charge is 0.320 e. The lowest BCUT2D eigenvalue weighted by Crippen LogP contribution is -2.36. The van der Waals surface area contributed by atoms with Gasteiger partial charge in [0.2, 0.25) is 10.0 Å². The van der Waals surface area contributed by atoms with Crippen LogP contribution >= 0.6 is 0 Å². The van der Waals surface area contributed by atoms with E-state index in [1.807, 2.05) is 7.05 Å². The Labute approximate surface area is 120 Å². The van der Waals surface area contributed by atoms with E-state index in [0.717, 1.165) is 19.5 Å². The zero-order valence-corrected chi connectivity index (χ0v) is 12.3. The Morgan fingerprint density at radius 2 is 2.20 bits per heavy atom. The van der Waals surface area contributed by atoms with Crippen LogP contribution in [-0.2, 0) is 10.0 Å². The summed E-state index contributed by atoms with van der Waals surface area (Å²) in [6.45, 7) is 1.84. The van der Waals surface area contributed by atoms with Crippen molar-refractivity contribution < 1.29 is 8.42 Å². The summed E-state index contributed by atoms with van der Waals surface area (Å²) < 4.78 is 27.7. The molecule has 5 nitrogen and oxygen atoms in total. The summed E-state index contributed by atoms with van der Waals surface area (Å²) in [5, 5.41) is 0. The Morgan fingerprint density at radius 3 is 2.85 bits per heavy atom. The van der Waals surface area contributed by atoms with Gasteiger partial charge < -0.3 is 10.6 Å². The molecule has 1 unspecified atom stereocenters. The summed E-state index contributed by atoms with van der Waals surface area (Å²) in [5.41, 5.74) is 5.82. The number of likely N-dealkylation sites (N-methyl/N-ethyl adjacent to an activating group) is 1. The van der Waals surface area contributed by atoms with E-state index in [4.69, 9.17) is 5.73 Å². The van der Waals surface area contributed by atoms with Crippen molar-refractivity contribution in [1.82, 2.24) is 9.62 Å². The molecular weight excluding hydrogens is 274 g/mol. The number of nitrogens with two attached hydrogens (primary N) is 1. The zero-order chi connectivity index (χ0) is 14.6. The normalized spacial score (nSPS) is 19.6. The van der Waals surface area contributed by atoms with E-state index in [1.165, 1.54) is 0 Å². The van der Waals surface area contributed by atoms with E-state index in [1.54, 1.807) is 24.3 Å². The molecule has 0 aromatic heterocycles. The minimum Gasteiger partial charge on any atom is -0.320 e. The molecule has 1 heterocycles. The van der Waals surface area contributed by atoms with Gasteiger partial charge in [-0.15, -0.1) is 0 Å². The third kappa shape index (κ3) is 3.58. The molecule has 0 aliphatic carbocycles. The van der Waals surface area contributed by atoms with Crippen LogP contribution in [0.15, 0.2) is 29.2 Å². The quantitative estimate of drug-likeness (QED) is 0.768. The van der Waals surface area contributed by atoms with Crippen LogP contribution in [0.1, 0.15) is 12.0 Å². The highest BCUT2D eigenvalue weighted by atomic mass is 32.2. The standard InChI is InChI=1S/C14H19N3O2S/c1-17-10-8-13(11-17)16-20(18,19)14-7-3-2-5-12(14)6-4-9-15/h2-3,5,7,13,16H,8-11,15H2,1H3. The van der Waals surface area contributed by atoms with Crippen LogP contribution in [0, 0.1) is 11.8 Å². The van der Waals surface area contributed by atoms with Gasteiger partial charge in [-0.3, -0.25) is 0 Å². The van der Waals surface area contributed by atoms with Crippen molar-refractivity contribution >= 4 is 10.0 Å². The summed E-state index contributed by atoms with van der Waals surface area (Å²) in [5.74, 6) is 5.50. The van der Waals surface area contributed by atoms with E-state index < -0.39 is 10.0 Å². The Bertz CT molecular complexity index is 631. The van der Waals surface area contributed by atoms with Crippen molar-refractivity contribution in [2.24, 2.45) is 5.73 Å². The summed E-state index contributed by atoms with van der Waals surface area (Å²) >= 11 is 0. The minimum atomic E-state index is -3.55. The Balaban J connectivity index is 2.25. The van der Waals surface area contributed by atoms with Gasteiger partial charge in [-0.05, 0) is 32.1 Å². The van der Waals surface area contributed by atoms with Crippen LogP contribution in [0.25, 0.3) is 0 Å². The van der Waals surface area contributed by atoms with Gasteiger partial charge in [-0.2, -0.15) is 0 Å². The number of nitrogens with zero attached hydrogens (tertiary/aromatic N) is 1. The molecule has 0 spiro atoms. The highest BCUT2D eigenvalue weighted by Crippen LogP contribution is 2.16. The molecule has 1 aliphatic heterocycles. The zero-order valence-electron chi connectivity index (χ0n) is 11.5. The molecule has 20 heavy (non-hydrogen) atoms. The van der Waals surface area contributed by atoms with E-state index in [0.29, 0.717) is 5.56 Å². The number of rotatable bonds is 3. The van der Waals surface area contributed by atoms with Gasteiger partial charge in [0.25, 0.3) is 0 Å². The number of hydrogen-bond donors (Lipinski definition) is 2. The fraction of sp³-hybridized carbons (Fsp3) is 0.429. The van der Waals surface area contributed by atoms with Crippen molar-refractivity contribution in [3.8, 4) is 11.8 Å². The third-order valence-electron chi connectivity index (χ3n) is 3.21. The molecule has 0 radical (unpaired) electrons. The second kappa shape index (κ2) is 6.37. The number of nitrogens with one attached hydrogen (secondary N) is 1. The Hall–Kier alpha value is -1.39. The summed E-state index contributed by atoms with van der Waals surface area (Å²) in [7, 11) is -1.57. The Kier molecular flexibility index (Phi) is 4.78. The topological polar surface area (TPSA) is 75.4 Å². The second-order valence-corrected chi connectivity index (χ2v) is 6.55. The summed E-state index contributed by atoms with van der Waals surface area (Å²) in [4.78, 5) is 2.32. The molecule has 1 aliphatic rings. The van der Waals surface area contributed by atoms with Crippen LogP contribution < -0.4 is 10.5 Å². The number of benzene rings is 1. The van der Waals surface area contributed by atoms with Crippen LogP contribution in [0.4, 0.5) is 0 Å². The fourth-order valence-electron chi connectivity index (χ4n) is 2.26. The van der Waals surface area contributed by atoms with Crippen LogP contribution in [0.5, 0.6) is 0 Å². The van der Waals surface area contributed by atoms with Crippen molar-refractivity contribution in [3.05, 3.63) is 29.8 Å². The first-order valence-corrected chi connectivity index (χ1v) is 8.00. The monoisotopic (exact) mass is 293 g/mol. The first-order valence-electron chi connectivity index (χ1n) is 6.52. The van der Waals surface area contributed by atoms with Gasteiger partial charge in [-0.1, -0.05) is 24.0 Å². The van der Waals surface area contributed by atoms with Crippen molar-refractivity contribution in [2.75, 3.05) is 26.7 Å². The molecule has 108 valence electrons. The second-order valence-electron chi connectivity index (χ2n) is 4.87. The molecule has 3 N–H and O–H groups in total. The van der Waals surface area contributed by atoms with Crippen LogP contribution in [0.2, 0.25) is 0 Å². The van der Waals surface area contributed by atoms with Gasteiger partial charge in [0.15, 0.2) is 0 Å². The van der Waals surface area contributed by atoms with Gasteiger partial charge in [0.1, 0.15) is 0 Å². The average molecular weight is 293 g/mol. The van der Waals surface area contributed by atoms with Gasteiger partial charge in [-0.25, -0.2) is 13.1 Å². The first-order chi connectivity index (χ1) is 9.53. The highest BCUT2D eigenvalue weighted by Gasteiger charge is 2.26. The lowest BCUT2D eigenvalue weighted by molar-refractivity contribution is 0.407. The molecule has 1 atom stereocenters. The average Bonchev–Trinajstić information content (AvgIpc) is 2.81. The minimum absolute atomic E-state index is 0.0412. The van der Waals surface area contributed by atoms with E-state index >= 15 is 0 Å². The maximum atomic E-state index is 12.5. The molecular formula is C14H19N3O2S. The maximum Gasteiger partial charge on any atom is 0.242 e. The third-order valence-corrected chi connectivity index (χ3v) is 4.79. The van der Waals surface area contributed by atoms with Gasteiger partial charge in [0.05, 0.1) is 11.4 Å². The summed E-state index contributed by atoms with van der Waals surface area (Å²) in [6, 6.07) is 6.69. The SMILES string of the molecule is CN1CCC(NS(=O)(=O)c2ccccc2C#CCN)C1. The van der Waals surface area contributed by atoms with E-state index in [9.17, 15) is 8.42 Å². The number of hydrogen-bond acceptors (Lipinski definition) is 4. The van der Waals surface area contributed by atoms with E-state index in [-0.39, 0.29) is 17.5 Å². The molecule has 1 aromatic rings. The Morgan fingerprint density at radius 1 is 1.45 bits per heavy atom. The first kappa shape index (κ1) is 15.0. The van der Waals surface area contributed by atoms with Crippen LogP contribution in [0.3, 0.4) is 0 Å². The molecule has 1 fully saturated rings. The maximum absolute atomic E-state index is 12.5. The molecule has 0 saturated carbocycles. The number of likely N-dealkylation sites (tertiary alicyclic amines) is 1. The molecule has 0 amide bonds. The lowest BCUT2D eigenvalue weighted by atomic mass is 10.2. The van der Waals surface area contributed by atoms with Crippen molar-refractivity contribution in [3.63, 3.8) is 0 Å². The predicted octanol–water partition coefficient (Wildman–Crippen LogP) is -0.0208. The molecule has 0 bridgehead atoms. The molecule has 1 aromatic carbocycles. The van der Waals surface area contributed by atoms with Crippen LogP contribution in [-0.4, -0.2) is 46.0 Å². The van der Waals surface area contributed by atoms with E-state index in [2.05, 4.69) is 21.5 Å². The highest BCUT2D eigenvalue weighted by molar-refractivity contribution is 7.89. The molecule has 2 rings (SSSR count). The van der Waals surface area contributed by atoms with Crippen molar-refractivity contribution in [2.45, 2.75) is 17.4 Å². The fourth-order valence-corrected chi connectivity index (χ4v) is 3.69. The van der Waals surface area contributed by atoms with Gasteiger partial charge in [0, 0.05) is 18.2 Å². The lowest BCUT2D eigenvalue weighted by Gasteiger charge is -2.14. The molecule has 6 heteroatoms. The predicted molar refractivity (Wildman–Crippen MR) is 78.6 cm³/mol. The van der Waals surface area contributed by atoms with Gasteiger partial charge >= 0.3 is 0 Å². The smallest absolute Gasteiger partial charge is 0.242 e. The van der Waals surface area contributed by atoms with Crippen molar-refractivity contribution in [1.29, 1.82) is 0 Å². The number of sulfonamides is 1. The summed E-state index contributed by atoms with van der Waals surface area (Å²) in [6.07, 6.45) is 0.826. The molecule has 1 saturated heterocycles.